The van der Waals surface area contributed by atoms with Gasteiger partial charge in [0.05, 0.1) is 6.61 Å². The van der Waals surface area contributed by atoms with Crippen molar-refractivity contribution in [2.75, 3.05) is 12.3 Å². The Balaban J connectivity index is 2.04. The van der Waals surface area contributed by atoms with E-state index < -0.39 is 0 Å². The molecular formula is C15H16ClNO2. The number of halogens is 1. The Kier molecular flexibility index (Phi) is 4.53. The van der Waals surface area contributed by atoms with Crippen LogP contribution in [-0.2, 0) is 6.61 Å². The van der Waals surface area contributed by atoms with E-state index in [9.17, 15) is 0 Å². The lowest BCUT2D eigenvalue weighted by atomic mass is 10.2. The van der Waals surface area contributed by atoms with E-state index in [0.29, 0.717) is 35.4 Å². The van der Waals surface area contributed by atoms with Crippen molar-refractivity contribution in [1.29, 1.82) is 0 Å². The molecule has 2 aromatic carbocycles. The number of nitrogens with two attached hydrogens (primary N) is 1. The summed E-state index contributed by atoms with van der Waals surface area (Å²) in [5, 5.41) is 0.714. The summed E-state index contributed by atoms with van der Waals surface area (Å²) in [6, 6.07) is 12.9. The van der Waals surface area contributed by atoms with Crippen LogP contribution >= 0.6 is 11.6 Å². The van der Waals surface area contributed by atoms with Crippen LogP contribution in [-0.4, -0.2) is 6.61 Å². The molecule has 0 fully saturated rings. The van der Waals surface area contributed by atoms with Crippen molar-refractivity contribution >= 4 is 17.3 Å². The van der Waals surface area contributed by atoms with Gasteiger partial charge in [-0.1, -0.05) is 23.7 Å². The van der Waals surface area contributed by atoms with Crippen molar-refractivity contribution in [2.24, 2.45) is 0 Å². The van der Waals surface area contributed by atoms with Crippen LogP contribution in [0.2, 0.25) is 5.02 Å². The lowest BCUT2D eigenvalue weighted by molar-refractivity contribution is 0.300. The lowest BCUT2D eigenvalue weighted by Crippen LogP contribution is -1.98. The van der Waals surface area contributed by atoms with Crippen molar-refractivity contribution in [1.82, 2.24) is 0 Å². The molecule has 0 aliphatic heterocycles. The van der Waals surface area contributed by atoms with Crippen molar-refractivity contribution in [3.63, 3.8) is 0 Å². The molecule has 0 saturated carbocycles. The van der Waals surface area contributed by atoms with E-state index in [4.69, 9.17) is 26.8 Å². The Bertz CT molecular complexity index is 540. The molecule has 4 heteroatoms. The molecule has 0 aromatic heterocycles. The van der Waals surface area contributed by atoms with E-state index in [2.05, 4.69) is 0 Å². The molecule has 0 aliphatic carbocycles. The predicted octanol–water partition coefficient (Wildman–Crippen LogP) is 3.90. The van der Waals surface area contributed by atoms with E-state index in [0.717, 1.165) is 5.56 Å². The number of hydrogen-bond donors (Lipinski definition) is 1. The summed E-state index contributed by atoms with van der Waals surface area (Å²) in [5.74, 6) is 1.41. The fourth-order valence-electron chi connectivity index (χ4n) is 1.67. The normalized spacial score (nSPS) is 10.2. The molecule has 0 radical (unpaired) electrons. The highest BCUT2D eigenvalue weighted by Gasteiger charge is 2.02. The lowest BCUT2D eigenvalue weighted by Gasteiger charge is -2.10. The fraction of sp³-hybridized carbons (Fsp3) is 0.200. The molecule has 100 valence electrons. The highest BCUT2D eigenvalue weighted by atomic mass is 35.5. The van der Waals surface area contributed by atoms with Crippen LogP contribution in [0.5, 0.6) is 11.5 Å². The summed E-state index contributed by atoms with van der Waals surface area (Å²) >= 11 is 5.83. The molecule has 2 N–H and O–H groups in total. The SMILES string of the molecule is CCOc1cc(N)cc(OCc2ccc(Cl)cc2)c1. The van der Waals surface area contributed by atoms with Crippen LogP contribution in [0.25, 0.3) is 0 Å². The first-order valence-electron chi connectivity index (χ1n) is 6.08. The van der Waals surface area contributed by atoms with Crippen LogP contribution in [0.15, 0.2) is 42.5 Å². The first kappa shape index (κ1) is 13.6. The molecule has 2 aromatic rings. The number of nitrogen functional groups attached to an aromatic ring is 1. The van der Waals surface area contributed by atoms with Gasteiger partial charge in [0, 0.05) is 28.9 Å². The highest BCUT2D eigenvalue weighted by Crippen LogP contribution is 2.25. The van der Waals surface area contributed by atoms with E-state index in [-0.39, 0.29) is 0 Å². The van der Waals surface area contributed by atoms with Crippen LogP contribution < -0.4 is 15.2 Å². The summed E-state index contributed by atoms with van der Waals surface area (Å²) in [5.41, 5.74) is 7.47. The zero-order valence-electron chi connectivity index (χ0n) is 10.7. The molecule has 0 spiro atoms. The van der Waals surface area contributed by atoms with Gasteiger partial charge in [-0.15, -0.1) is 0 Å². The Morgan fingerprint density at radius 2 is 1.63 bits per heavy atom. The van der Waals surface area contributed by atoms with Crippen molar-refractivity contribution in [2.45, 2.75) is 13.5 Å². The third-order valence-corrected chi connectivity index (χ3v) is 2.78. The average molecular weight is 278 g/mol. The van der Waals surface area contributed by atoms with Crippen molar-refractivity contribution in [3.05, 3.63) is 53.1 Å². The number of ether oxygens (including phenoxy) is 2. The van der Waals surface area contributed by atoms with Gasteiger partial charge in [-0.3, -0.25) is 0 Å². The van der Waals surface area contributed by atoms with Gasteiger partial charge in [0.1, 0.15) is 18.1 Å². The zero-order chi connectivity index (χ0) is 13.7. The maximum absolute atomic E-state index is 5.83. The van der Waals surface area contributed by atoms with E-state index in [1.54, 1.807) is 12.1 Å². The third kappa shape index (κ3) is 4.07. The highest BCUT2D eigenvalue weighted by molar-refractivity contribution is 6.30. The fourth-order valence-corrected chi connectivity index (χ4v) is 1.80. The van der Waals surface area contributed by atoms with Crippen molar-refractivity contribution in [3.8, 4) is 11.5 Å². The molecule has 19 heavy (non-hydrogen) atoms. The predicted molar refractivity (Wildman–Crippen MR) is 77.8 cm³/mol. The van der Waals surface area contributed by atoms with E-state index in [1.807, 2.05) is 37.3 Å². The number of hydrogen-bond acceptors (Lipinski definition) is 3. The van der Waals surface area contributed by atoms with Gasteiger partial charge in [0.25, 0.3) is 0 Å². The summed E-state index contributed by atoms with van der Waals surface area (Å²) in [6.07, 6.45) is 0. The molecule has 2 rings (SSSR count). The van der Waals surface area contributed by atoms with Crippen LogP contribution in [0.3, 0.4) is 0 Å². The molecule has 0 heterocycles. The van der Waals surface area contributed by atoms with Gasteiger partial charge < -0.3 is 15.2 Å². The second-order valence-electron chi connectivity index (χ2n) is 4.09. The molecule has 3 nitrogen and oxygen atoms in total. The minimum atomic E-state index is 0.464. The second-order valence-corrected chi connectivity index (χ2v) is 4.52. The number of benzene rings is 2. The number of rotatable bonds is 5. The molecular weight excluding hydrogens is 262 g/mol. The van der Waals surface area contributed by atoms with Gasteiger partial charge in [-0.2, -0.15) is 0 Å². The minimum Gasteiger partial charge on any atom is -0.494 e. The summed E-state index contributed by atoms with van der Waals surface area (Å²) in [7, 11) is 0. The molecule has 0 unspecified atom stereocenters. The van der Waals surface area contributed by atoms with Gasteiger partial charge in [-0.25, -0.2) is 0 Å². The topological polar surface area (TPSA) is 44.5 Å². The zero-order valence-corrected chi connectivity index (χ0v) is 11.5. The molecule has 0 aliphatic rings. The largest absolute Gasteiger partial charge is 0.494 e. The first-order valence-corrected chi connectivity index (χ1v) is 6.46. The molecule has 0 atom stereocenters. The molecule has 0 amide bonds. The Hall–Kier alpha value is -1.87. The minimum absolute atomic E-state index is 0.464. The maximum Gasteiger partial charge on any atom is 0.125 e. The van der Waals surface area contributed by atoms with Gasteiger partial charge in [-0.05, 0) is 24.6 Å². The third-order valence-electron chi connectivity index (χ3n) is 2.53. The first-order chi connectivity index (χ1) is 9.17. The monoisotopic (exact) mass is 277 g/mol. The maximum atomic E-state index is 5.83. The Labute approximate surface area is 117 Å². The summed E-state index contributed by atoms with van der Waals surface area (Å²) < 4.78 is 11.1. The summed E-state index contributed by atoms with van der Waals surface area (Å²) in [6.45, 7) is 2.99. The van der Waals surface area contributed by atoms with Crippen LogP contribution in [0, 0.1) is 0 Å². The Morgan fingerprint density at radius 3 is 2.26 bits per heavy atom. The van der Waals surface area contributed by atoms with Crippen LogP contribution in [0.4, 0.5) is 5.69 Å². The standard InChI is InChI=1S/C15H16ClNO2/c1-2-18-14-7-13(17)8-15(9-14)19-10-11-3-5-12(16)6-4-11/h3-9H,2,10,17H2,1H3. The van der Waals surface area contributed by atoms with Crippen LogP contribution in [0.1, 0.15) is 12.5 Å². The van der Waals surface area contributed by atoms with Crippen molar-refractivity contribution < 1.29 is 9.47 Å². The molecule has 0 saturated heterocycles. The molecule has 0 bridgehead atoms. The average Bonchev–Trinajstić information content (AvgIpc) is 2.38. The summed E-state index contributed by atoms with van der Waals surface area (Å²) in [4.78, 5) is 0. The smallest absolute Gasteiger partial charge is 0.125 e. The van der Waals surface area contributed by atoms with Gasteiger partial charge in [0.15, 0.2) is 0 Å². The van der Waals surface area contributed by atoms with E-state index in [1.165, 1.54) is 0 Å². The number of anilines is 1. The second kappa shape index (κ2) is 6.34. The van der Waals surface area contributed by atoms with Gasteiger partial charge >= 0.3 is 0 Å². The Morgan fingerprint density at radius 1 is 1.00 bits per heavy atom. The van der Waals surface area contributed by atoms with Gasteiger partial charge in [0.2, 0.25) is 0 Å². The van der Waals surface area contributed by atoms with E-state index >= 15 is 0 Å². The quantitative estimate of drug-likeness (QED) is 0.843.